The van der Waals surface area contributed by atoms with Crippen molar-refractivity contribution >= 4 is 36.0 Å². The van der Waals surface area contributed by atoms with Gasteiger partial charge in [0, 0.05) is 0 Å². The maximum absolute atomic E-state index is 8.24. The summed E-state index contributed by atoms with van der Waals surface area (Å²) in [7, 11) is 0. The normalized spacial score (nSPS) is 3.00. The van der Waals surface area contributed by atoms with Gasteiger partial charge in [0.1, 0.15) is 0 Å². The molecule has 0 saturated heterocycles. The Balaban J connectivity index is -0.0000000160. The van der Waals surface area contributed by atoms with Crippen molar-refractivity contribution in [2.24, 2.45) is 0 Å². The van der Waals surface area contributed by atoms with Gasteiger partial charge in [-0.2, -0.15) is 0 Å². The monoisotopic (exact) mass is 132 g/mol. The quantitative estimate of drug-likeness (QED) is 0.294. The van der Waals surface area contributed by atoms with E-state index in [4.69, 9.17) is 19.8 Å². The van der Waals surface area contributed by atoms with Gasteiger partial charge in [-0.15, -0.1) is 0 Å². The number of hydrogen-bond acceptors (Lipinski definition) is 2. The van der Waals surface area contributed by atoms with E-state index in [0.717, 1.165) is 0 Å². The van der Waals surface area contributed by atoms with Crippen molar-refractivity contribution in [3.63, 3.8) is 0 Å². The van der Waals surface area contributed by atoms with E-state index in [1.165, 1.54) is 0 Å². The Kier molecular flexibility index (Phi) is 244. The van der Waals surface area contributed by atoms with Gasteiger partial charge in [0.05, 0.1) is 0 Å². The molecular formula is C2H4MgO5. The molecule has 0 spiro atoms. The molecule has 8 heavy (non-hydrogen) atoms. The Morgan fingerprint density at radius 2 is 1.00 bits per heavy atom. The molecule has 0 saturated carbocycles. The zero-order chi connectivity index (χ0) is 5.41. The zero-order valence-corrected chi connectivity index (χ0v) is 5.33. The van der Waals surface area contributed by atoms with Crippen molar-refractivity contribution in [2.75, 3.05) is 0 Å². The van der Waals surface area contributed by atoms with Gasteiger partial charge in [-0.25, -0.2) is 0 Å². The van der Waals surface area contributed by atoms with E-state index < -0.39 is 0 Å². The number of hydrogen-bond donors (Lipinski definition) is 2. The van der Waals surface area contributed by atoms with Crippen molar-refractivity contribution in [3.05, 3.63) is 0 Å². The van der Waals surface area contributed by atoms with Crippen LogP contribution in [0.25, 0.3) is 0 Å². The van der Waals surface area contributed by atoms with E-state index in [1.54, 1.807) is 0 Å². The van der Waals surface area contributed by atoms with Gasteiger partial charge in [-0.1, -0.05) is 12.9 Å². The van der Waals surface area contributed by atoms with Crippen LogP contribution in [0.1, 0.15) is 0 Å². The van der Waals surface area contributed by atoms with Crippen LogP contribution in [-0.2, 0) is 9.59 Å². The van der Waals surface area contributed by atoms with Crippen molar-refractivity contribution in [1.82, 2.24) is 0 Å². The average Bonchev–Trinajstić information content (AvgIpc) is 1.39. The van der Waals surface area contributed by atoms with E-state index in [-0.39, 0.29) is 28.5 Å². The molecule has 0 amide bonds. The summed E-state index contributed by atoms with van der Waals surface area (Å²) >= 11 is 0. The first-order chi connectivity index (χ1) is 2.83. The molecule has 5 nitrogen and oxygen atoms in total. The summed E-state index contributed by atoms with van der Waals surface area (Å²) in [4.78, 5) is 16.5. The topological polar surface area (TPSA) is 106 Å². The van der Waals surface area contributed by atoms with E-state index in [2.05, 4.69) is 0 Å². The molecule has 0 fully saturated rings. The van der Waals surface area contributed by atoms with E-state index >= 15 is 0 Å². The Morgan fingerprint density at radius 3 is 1.00 bits per heavy atom. The predicted molar refractivity (Wildman–Crippen MR) is 26.0 cm³/mol. The molecule has 0 aromatic carbocycles. The molecule has 6 heteroatoms. The third kappa shape index (κ3) is 1110. The van der Waals surface area contributed by atoms with Crippen LogP contribution in [0.5, 0.6) is 0 Å². The molecule has 0 rings (SSSR count). The SMILES string of the molecule is O.O=[C-]O.O=[C-]O.[Mg+2]. The van der Waals surface area contributed by atoms with Crippen LogP contribution in [0.15, 0.2) is 0 Å². The number of rotatable bonds is 0. The molecule has 0 aliphatic heterocycles. The smallest absolute Gasteiger partial charge is 0.665 e. The maximum atomic E-state index is 8.24. The maximum Gasteiger partial charge on any atom is 2.00 e. The van der Waals surface area contributed by atoms with E-state index in [0.29, 0.717) is 12.9 Å². The van der Waals surface area contributed by atoms with E-state index in [1.807, 2.05) is 0 Å². The molecule has 0 unspecified atom stereocenters. The Morgan fingerprint density at radius 1 is 1.00 bits per heavy atom. The van der Waals surface area contributed by atoms with Crippen molar-refractivity contribution in [1.29, 1.82) is 0 Å². The minimum atomic E-state index is 0. The summed E-state index contributed by atoms with van der Waals surface area (Å²) in [6, 6.07) is 0. The molecule has 0 aromatic rings. The second kappa shape index (κ2) is 77.1. The fourth-order valence-corrected chi connectivity index (χ4v) is 0. The second-order valence-electron chi connectivity index (χ2n) is 0.183. The van der Waals surface area contributed by atoms with Crippen molar-refractivity contribution < 1.29 is 25.3 Å². The summed E-state index contributed by atoms with van der Waals surface area (Å²) in [5.41, 5.74) is 0. The van der Waals surface area contributed by atoms with Crippen LogP contribution in [0.4, 0.5) is 0 Å². The first kappa shape index (κ1) is 25.3. The average molecular weight is 132 g/mol. The third-order valence-electron chi connectivity index (χ3n) is 0. The zero-order valence-electron chi connectivity index (χ0n) is 3.92. The predicted octanol–water partition coefficient (Wildman–Crippen LogP) is -1.98. The molecule has 0 atom stereocenters. The largest absolute Gasteiger partial charge is 2.00 e. The molecule has 0 aromatic heterocycles. The molecule has 0 radical (unpaired) electrons. The molecular weight excluding hydrogens is 128 g/mol. The minimum absolute atomic E-state index is 0. The summed E-state index contributed by atoms with van der Waals surface area (Å²) in [6.45, 7) is 1.00. The Bertz CT molecular complexity index is 31.4. The first-order valence-corrected chi connectivity index (χ1v) is 0.855. The van der Waals surface area contributed by atoms with Crippen LogP contribution < -0.4 is 0 Å². The summed E-state index contributed by atoms with van der Waals surface area (Å²) in [6.07, 6.45) is 0. The first-order valence-electron chi connectivity index (χ1n) is 0.855. The molecule has 0 aliphatic rings. The Hall–Kier alpha value is -0.334. The molecule has 4 N–H and O–H groups in total. The van der Waals surface area contributed by atoms with Crippen molar-refractivity contribution in [3.8, 4) is 0 Å². The van der Waals surface area contributed by atoms with Crippen LogP contribution in [0.2, 0.25) is 0 Å². The molecule has 0 bridgehead atoms. The van der Waals surface area contributed by atoms with Gasteiger partial charge in [0.15, 0.2) is 0 Å². The summed E-state index contributed by atoms with van der Waals surface area (Å²) in [5.74, 6) is 0. The van der Waals surface area contributed by atoms with Gasteiger partial charge >= 0.3 is 23.1 Å². The second-order valence-corrected chi connectivity index (χ2v) is 0.183. The Labute approximate surface area is 61.8 Å². The van der Waals surface area contributed by atoms with Gasteiger partial charge in [-0.05, 0) is 0 Å². The van der Waals surface area contributed by atoms with Gasteiger partial charge in [-0.3, -0.25) is 0 Å². The standard InChI is InChI=1S/2CHO2.Mg.H2O/c2*2-1-3;;/h2*(H,2,3);;1H2/q2*-1;+2;. The molecule has 44 valence electrons. The third-order valence-corrected chi connectivity index (χ3v) is 0. The van der Waals surface area contributed by atoms with Gasteiger partial charge in [0.2, 0.25) is 0 Å². The van der Waals surface area contributed by atoms with Crippen LogP contribution in [0, 0.1) is 0 Å². The van der Waals surface area contributed by atoms with Crippen LogP contribution in [0.3, 0.4) is 0 Å². The molecule has 0 heterocycles. The van der Waals surface area contributed by atoms with Crippen LogP contribution in [-0.4, -0.2) is 51.7 Å². The minimum Gasteiger partial charge on any atom is -0.665 e. The molecule has 0 aliphatic carbocycles. The number of aliphatic hydroxyl groups excluding tert-OH is 2. The fourth-order valence-electron chi connectivity index (χ4n) is 0. The van der Waals surface area contributed by atoms with Gasteiger partial charge < -0.3 is 25.3 Å². The summed E-state index contributed by atoms with van der Waals surface area (Å²) < 4.78 is 0. The summed E-state index contributed by atoms with van der Waals surface area (Å²) in [5, 5.41) is 13.5. The van der Waals surface area contributed by atoms with E-state index in [9.17, 15) is 0 Å². The van der Waals surface area contributed by atoms with Crippen LogP contribution >= 0.6 is 0 Å². The van der Waals surface area contributed by atoms with Gasteiger partial charge in [0.25, 0.3) is 0 Å². The van der Waals surface area contributed by atoms with Crippen molar-refractivity contribution in [2.45, 2.75) is 0 Å². The fraction of sp³-hybridized carbons (Fsp3) is 0.